The maximum Gasteiger partial charge on any atom is 0.322 e. The highest BCUT2D eigenvalue weighted by molar-refractivity contribution is 5.64. The van der Waals surface area contributed by atoms with Crippen LogP contribution in [0, 0.1) is 5.82 Å². The minimum atomic E-state index is -0.254. The van der Waals surface area contributed by atoms with Crippen LogP contribution in [0.15, 0.2) is 22.6 Å². The third-order valence-corrected chi connectivity index (χ3v) is 2.96. The van der Waals surface area contributed by atoms with Crippen molar-refractivity contribution in [2.24, 2.45) is 0 Å². The average molecular weight is 248 g/mol. The molecular weight excluding hydrogens is 235 g/mol. The highest BCUT2D eigenvalue weighted by Gasteiger charge is 2.25. The van der Waals surface area contributed by atoms with Gasteiger partial charge >= 0.3 is 6.01 Å². The van der Waals surface area contributed by atoms with Gasteiger partial charge in [0.15, 0.2) is 0 Å². The summed E-state index contributed by atoms with van der Waals surface area (Å²) in [5.41, 5.74) is 1.92. The summed E-state index contributed by atoms with van der Waals surface area (Å²) in [6.07, 6.45) is 0.860. The molecule has 5 nitrogen and oxygen atoms in total. The molecule has 94 valence electrons. The first-order valence-corrected chi connectivity index (χ1v) is 5.81. The van der Waals surface area contributed by atoms with Crippen molar-refractivity contribution in [2.75, 3.05) is 18.5 Å². The Morgan fingerprint density at radius 3 is 3.17 bits per heavy atom. The zero-order valence-electron chi connectivity index (χ0n) is 9.98. The van der Waals surface area contributed by atoms with E-state index in [4.69, 9.17) is 4.42 Å². The van der Waals surface area contributed by atoms with Crippen LogP contribution >= 0.6 is 0 Å². The topological polar surface area (TPSA) is 54.2 Å². The van der Waals surface area contributed by atoms with Gasteiger partial charge in [0.25, 0.3) is 0 Å². The third kappa shape index (κ3) is 1.84. The van der Waals surface area contributed by atoms with Gasteiger partial charge in [-0.2, -0.15) is 0 Å². The smallest absolute Gasteiger partial charge is 0.322 e. The van der Waals surface area contributed by atoms with E-state index in [1.54, 1.807) is 6.07 Å². The van der Waals surface area contributed by atoms with Crippen molar-refractivity contribution in [1.29, 1.82) is 0 Å². The Hall–Kier alpha value is -1.95. The van der Waals surface area contributed by atoms with Crippen molar-refractivity contribution in [3.05, 3.63) is 35.5 Å². The molecule has 1 aromatic carbocycles. The van der Waals surface area contributed by atoms with Crippen molar-refractivity contribution >= 4 is 11.7 Å². The highest BCUT2D eigenvalue weighted by atomic mass is 19.1. The normalized spacial score (nSPS) is 14.0. The number of hydrogen-bond acceptors (Lipinski definition) is 5. The van der Waals surface area contributed by atoms with Crippen molar-refractivity contribution in [3.63, 3.8) is 0 Å². The third-order valence-electron chi connectivity index (χ3n) is 2.96. The first kappa shape index (κ1) is 11.2. The Kier molecular flexibility index (Phi) is 2.71. The summed E-state index contributed by atoms with van der Waals surface area (Å²) in [7, 11) is 1.81. The van der Waals surface area contributed by atoms with E-state index in [1.807, 2.05) is 11.9 Å². The van der Waals surface area contributed by atoms with Gasteiger partial charge < -0.3 is 9.73 Å². The van der Waals surface area contributed by atoms with Gasteiger partial charge in [0, 0.05) is 6.54 Å². The largest absolute Gasteiger partial charge is 0.406 e. The molecule has 18 heavy (non-hydrogen) atoms. The Balaban J connectivity index is 1.92. The zero-order valence-corrected chi connectivity index (χ0v) is 9.98. The van der Waals surface area contributed by atoms with E-state index in [9.17, 15) is 4.39 Å². The summed E-state index contributed by atoms with van der Waals surface area (Å²) in [5, 5.41) is 10.9. The second-order valence-electron chi connectivity index (χ2n) is 4.18. The SMILES string of the molecule is CNCc1nnc(N2CCc3ccc(F)cc32)o1. The number of aromatic nitrogens is 2. The molecule has 0 radical (unpaired) electrons. The molecule has 0 spiro atoms. The zero-order chi connectivity index (χ0) is 12.5. The number of rotatable bonds is 3. The van der Waals surface area contributed by atoms with Gasteiger partial charge in [0.05, 0.1) is 12.2 Å². The van der Waals surface area contributed by atoms with Crippen LogP contribution in [0.2, 0.25) is 0 Å². The summed E-state index contributed by atoms with van der Waals surface area (Å²) < 4.78 is 18.8. The minimum Gasteiger partial charge on any atom is -0.406 e. The van der Waals surface area contributed by atoms with Crippen LogP contribution < -0.4 is 10.2 Å². The molecule has 2 aromatic rings. The van der Waals surface area contributed by atoms with Gasteiger partial charge in [-0.05, 0) is 31.2 Å². The van der Waals surface area contributed by atoms with E-state index in [1.165, 1.54) is 12.1 Å². The predicted octanol–water partition coefficient (Wildman–Crippen LogP) is 1.62. The Bertz CT molecular complexity index is 569. The molecule has 1 aliphatic heterocycles. The van der Waals surface area contributed by atoms with E-state index in [0.717, 1.165) is 24.2 Å². The number of halogens is 1. The van der Waals surface area contributed by atoms with Crippen molar-refractivity contribution < 1.29 is 8.81 Å². The summed E-state index contributed by atoms with van der Waals surface area (Å²) in [6.45, 7) is 1.26. The summed E-state index contributed by atoms with van der Waals surface area (Å²) in [4.78, 5) is 1.85. The first-order chi connectivity index (χ1) is 8.78. The Labute approximate surface area is 104 Å². The van der Waals surface area contributed by atoms with Crippen LogP contribution in [0.3, 0.4) is 0 Å². The van der Waals surface area contributed by atoms with Gasteiger partial charge in [0.2, 0.25) is 5.89 Å². The molecule has 2 heterocycles. The fourth-order valence-electron chi connectivity index (χ4n) is 2.13. The molecule has 6 heteroatoms. The molecule has 0 saturated carbocycles. The van der Waals surface area contributed by atoms with Crippen LogP contribution in [-0.4, -0.2) is 23.8 Å². The van der Waals surface area contributed by atoms with E-state index in [2.05, 4.69) is 15.5 Å². The van der Waals surface area contributed by atoms with Gasteiger partial charge in [0.1, 0.15) is 5.82 Å². The number of hydrogen-bond donors (Lipinski definition) is 1. The molecule has 0 aliphatic carbocycles. The molecule has 3 rings (SSSR count). The first-order valence-electron chi connectivity index (χ1n) is 5.81. The minimum absolute atomic E-state index is 0.254. The molecule has 0 bridgehead atoms. The van der Waals surface area contributed by atoms with Gasteiger partial charge in [-0.25, -0.2) is 4.39 Å². The fraction of sp³-hybridized carbons (Fsp3) is 0.333. The van der Waals surface area contributed by atoms with Crippen molar-refractivity contribution in [2.45, 2.75) is 13.0 Å². The van der Waals surface area contributed by atoms with Crippen LogP contribution in [0.1, 0.15) is 11.5 Å². The van der Waals surface area contributed by atoms with E-state index in [0.29, 0.717) is 18.5 Å². The molecule has 1 N–H and O–H groups in total. The second kappa shape index (κ2) is 4.38. The summed E-state index contributed by atoms with van der Waals surface area (Å²) in [5.74, 6) is 0.271. The molecule has 1 aliphatic rings. The monoisotopic (exact) mass is 248 g/mol. The van der Waals surface area contributed by atoms with Crippen LogP contribution in [0.25, 0.3) is 0 Å². The maximum atomic E-state index is 13.3. The molecule has 0 fully saturated rings. The van der Waals surface area contributed by atoms with Crippen molar-refractivity contribution in [3.8, 4) is 0 Å². The quantitative estimate of drug-likeness (QED) is 0.894. The van der Waals surface area contributed by atoms with E-state index in [-0.39, 0.29) is 5.82 Å². The molecule has 0 atom stereocenters. The predicted molar refractivity (Wildman–Crippen MR) is 64.2 cm³/mol. The molecule has 0 unspecified atom stereocenters. The maximum absolute atomic E-state index is 13.3. The number of nitrogens with zero attached hydrogens (tertiary/aromatic N) is 3. The Morgan fingerprint density at radius 2 is 2.33 bits per heavy atom. The average Bonchev–Trinajstić information content (AvgIpc) is 2.95. The summed E-state index contributed by atoms with van der Waals surface area (Å²) in [6, 6.07) is 5.20. The van der Waals surface area contributed by atoms with Gasteiger partial charge in [-0.1, -0.05) is 11.2 Å². The van der Waals surface area contributed by atoms with Crippen LogP contribution in [0.5, 0.6) is 0 Å². The lowest BCUT2D eigenvalue weighted by Crippen LogP contribution is -2.13. The summed E-state index contributed by atoms with van der Waals surface area (Å²) >= 11 is 0. The van der Waals surface area contributed by atoms with Gasteiger partial charge in [-0.3, -0.25) is 4.90 Å². The second-order valence-corrected chi connectivity index (χ2v) is 4.18. The Morgan fingerprint density at radius 1 is 1.44 bits per heavy atom. The molecule has 1 aromatic heterocycles. The number of benzene rings is 1. The number of fused-ring (bicyclic) bond motifs is 1. The number of nitrogens with one attached hydrogen (secondary N) is 1. The molecular formula is C12H13FN4O. The van der Waals surface area contributed by atoms with E-state index < -0.39 is 0 Å². The number of anilines is 2. The fourth-order valence-corrected chi connectivity index (χ4v) is 2.13. The lowest BCUT2D eigenvalue weighted by atomic mass is 10.2. The van der Waals surface area contributed by atoms with E-state index >= 15 is 0 Å². The van der Waals surface area contributed by atoms with Gasteiger partial charge in [-0.15, -0.1) is 5.10 Å². The lowest BCUT2D eigenvalue weighted by molar-refractivity contribution is 0.481. The molecule has 0 amide bonds. The van der Waals surface area contributed by atoms with Crippen LogP contribution in [-0.2, 0) is 13.0 Å². The van der Waals surface area contributed by atoms with Crippen LogP contribution in [0.4, 0.5) is 16.1 Å². The standard InChI is InChI=1S/C12H13FN4O/c1-14-7-11-15-16-12(18-11)17-5-4-8-2-3-9(13)6-10(8)17/h2-3,6,14H,4-5,7H2,1H3. The highest BCUT2D eigenvalue weighted by Crippen LogP contribution is 2.34. The molecule has 0 saturated heterocycles. The lowest BCUT2D eigenvalue weighted by Gasteiger charge is -2.13. The van der Waals surface area contributed by atoms with Crippen molar-refractivity contribution in [1.82, 2.24) is 15.5 Å².